The highest BCUT2D eigenvalue weighted by molar-refractivity contribution is 5.97. The molecular weight excluding hydrogens is 276 g/mol. The van der Waals surface area contributed by atoms with E-state index in [1.807, 2.05) is 0 Å². The van der Waals surface area contributed by atoms with E-state index in [2.05, 4.69) is 0 Å². The SMILES string of the molecule is NC(=O)c1ccc(Oc2ccc(C=O)cc2)cc1[N+](=O)[O-]. The van der Waals surface area contributed by atoms with Crippen molar-refractivity contribution in [2.45, 2.75) is 0 Å². The minimum absolute atomic E-state index is 0.186. The number of nitrogens with zero attached hydrogens (tertiary/aromatic N) is 1. The summed E-state index contributed by atoms with van der Waals surface area (Å²) in [5.74, 6) is -0.295. The Hall–Kier alpha value is -3.22. The molecule has 106 valence electrons. The van der Waals surface area contributed by atoms with Gasteiger partial charge < -0.3 is 10.5 Å². The molecule has 7 heteroatoms. The van der Waals surface area contributed by atoms with Crippen LogP contribution in [0.1, 0.15) is 20.7 Å². The minimum Gasteiger partial charge on any atom is -0.457 e. The van der Waals surface area contributed by atoms with E-state index in [4.69, 9.17) is 10.5 Å². The second-order valence-corrected chi connectivity index (χ2v) is 4.09. The number of aldehydes is 1. The predicted octanol–water partition coefficient (Wildman–Crippen LogP) is 2.30. The number of hydrogen-bond acceptors (Lipinski definition) is 5. The summed E-state index contributed by atoms with van der Waals surface area (Å²) in [7, 11) is 0. The normalized spacial score (nSPS) is 9.90. The highest BCUT2D eigenvalue weighted by atomic mass is 16.6. The van der Waals surface area contributed by atoms with Crippen molar-refractivity contribution in [3.63, 3.8) is 0 Å². The van der Waals surface area contributed by atoms with E-state index in [0.717, 1.165) is 6.07 Å². The number of ether oxygens (including phenoxy) is 1. The second-order valence-electron chi connectivity index (χ2n) is 4.09. The van der Waals surface area contributed by atoms with E-state index in [1.165, 1.54) is 12.1 Å². The van der Waals surface area contributed by atoms with Gasteiger partial charge in [0.2, 0.25) is 0 Å². The summed E-state index contributed by atoms with van der Waals surface area (Å²) in [6.45, 7) is 0. The molecule has 0 atom stereocenters. The van der Waals surface area contributed by atoms with Crippen LogP contribution in [-0.2, 0) is 0 Å². The smallest absolute Gasteiger partial charge is 0.285 e. The van der Waals surface area contributed by atoms with Crippen molar-refractivity contribution in [1.29, 1.82) is 0 Å². The number of rotatable bonds is 5. The number of amides is 1. The van der Waals surface area contributed by atoms with Crippen LogP contribution >= 0.6 is 0 Å². The minimum atomic E-state index is -0.886. The fourth-order valence-electron chi connectivity index (χ4n) is 1.68. The van der Waals surface area contributed by atoms with Crippen LogP contribution in [0.15, 0.2) is 42.5 Å². The van der Waals surface area contributed by atoms with Crippen molar-refractivity contribution in [2.24, 2.45) is 5.73 Å². The number of hydrogen-bond donors (Lipinski definition) is 1. The summed E-state index contributed by atoms with van der Waals surface area (Å²) in [6, 6.07) is 9.96. The molecule has 0 radical (unpaired) electrons. The third-order valence-corrected chi connectivity index (χ3v) is 2.68. The van der Waals surface area contributed by atoms with Crippen molar-refractivity contribution in [2.75, 3.05) is 0 Å². The quantitative estimate of drug-likeness (QED) is 0.514. The van der Waals surface area contributed by atoms with Crippen molar-refractivity contribution in [3.05, 3.63) is 63.7 Å². The molecule has 21 heavy (non-hydrogen) atoms. The van der Waals surface area contributed by atoms with Gasteiger partial charge in [-0.3, -0.25) is 19.7 Å². The topological polar surface area (TPSA) is 113 Å². The number of carbonyl (C=O) groups is 2. The monoisotopic (exact) mass is 286 g/mol. The molecule has 1 amide bonds. The van der Waals surface area contributed by atoms with E-state index in [-0.39, 0.29) is 11.3 Å². The van der Waals surface area contributed by atoms with Gasteiger partial charge in [-0.2, -0.15) is 0 Å². The van der Waals surface area contributed by atoms with Crippen molar-refractivity contribution < 1.29 is 19.2 Å². The Bertz CT molecular complexity index is 710. The summed E-state index contributed by atoms with van der Waals surface area (Å²) in [5.41, 5.74) is 4.94. The molecule has 0 saturated heterocycles. The van der Waals surface area contributed by atoms with Crippen LogP contribution in [0.5, 0.6) is 11.5 Å². The van der Waals surface area contributed by atoms with E-state index in [9.17, 15) is 19.7 Å². The summed E-state index contributed by atoms with van der Waals surface area (Å²) >= 11 is 0. The molecule has 0 aliphatic rings. The van der Waals surface area contributed by atoms with Gasteiger partial charge in [0.05, 0.1) is 11.0 Å². The third kappa shape index (κ3) is 3.21. The van der Waals surface area contributed by atoms with Crippen LogP contribution in [-0.4, -0.2) is 17.1 Å². The van der Waals surface area contributed by atoms with Crippen LogP contribution in [0.4, 0.5) is 5.69 Å². The Kier molecular flexibility index (Phi) is 3.94. The van der Waals surface area contributed by atoms with E-state index >= 15 is 0 Å². The Labute approximate surface area is 119 Å². The molecule has 0 saturated carbocycles. The molecule has 0 bridgehead atoms. The lowest BCUT2D eigenvalue weighted by atomic mass is 10.1. The third-order valence-electron chi connectivity index (χ3n) is 2.68. The average molecular weight is 286 g/mol. The molecule has 0 aromatic heterocycles. The molecule has 2 rings (SSSR count). The first-order valence-corrected chi connectivity index (χ1v) is 5.82. The number of nitro groups is 1. The maximum Gasteiger partial charge on any atom is 0.285 e. The Morgan fingerprint density at radius 2 is 1.76 bits per heavy atom. The first kappa shape index (κ1) is 14.2. The average Bonchev–Trinajstić information content (AvgIpc) is 2.47. The van der Waals surface area contributed by atoms with Gasteiger partial charge >= 0.3 is 0 Å². The first-order chi connectivity index (χ1) is 10.0. The summed E-state index contributed by atoms with van der Waals surface area (Å²) < 4.78 is 5.43. The second kappa shape index (κ2) is 5.83. The van der Waals surface area contributed by atoms with Gasteiger partial charge in [0.1, 0.15) is 23.3 Å². The molecule has 2 aromatic rings. The number of carbonyl (C=O) groups excluding carboxylic acids is 2. The molecule has 0 fully saturated rings. The standard InChI is InChI=1S/C14H10N2O5/c15-14(18)12-6-5-11(7-13(12)16(19)20)21-10-3-1-9(8-17)2-4-10/h1-8H,(H2,15,18). The lowest BCUT2D eigenvalue weighted by molar-refractivity contribution is -0.385. The highest BCUT2D eigenvalue weighted by Crippen LogP contribution is 2.28. The lowest BCUT2D eigenvalue weighted by Crippen LogP contribution is -2.13. The van der Waals surface area contributed by atoms with Crippen LogP contribution in [0.3, 0.4) is 0 Å². The van der Waals surface area contributed by atoms with E-state index < -0.39 is 16.5 Å². The number of benzene rings is 2. The predicted molar refractivity (Wildman–Crippen MR) is 73.5 cm³/mol. The first-order valence-electron chi connectivity index (χ1n) is 5.82. The largest absolute Gasteiger partial charge is 0.457 e. The Morgan fingerprint density at radius 1 is 1.14 bits per heavy atom. The van der Waals surface area contributed by atoms with E-state index in [1.54, 1.807) is 24.3 Å². The van der Waals surface area contributed by atoms with Crippen LogP contribution in [0, 0.1) is 10.1 Å². The maximum absolute atomic E-state index is 11.1. The van der Waals surface area contributed by atoms with Crippen LogP contribution < -0.4 is 10.5 Å². The molecule has 7 nitrogen and oxygen atoms in total. The fraction of sp³-hybridized carbons (Fsp3) is 0. The zero-order valence-corrected chi connectivity index (χ0v) is 10.7. The van der Waals surface area contributed by atoms with Crippen molar-refractivity contribution in [3.8, 4) is 11.5 Å². The molecule has 0 heterocycles. The van der Waals surface area contributed by atoms with Gasteiger partial charge in [-0.05, 0) is 36.4 Å². The molecular formula is C14H10N2O5. The lowest BCUT2D eigenvalue weighted by Gasteiger charge is -2.06. The molecule has 0 unspecified atom stereocenters. The zero-order valence-electron chi connectivity index (χ0n) is 10.7. The fourth-order valence-corrected chi connectivity index (χ4v) is 1.68. The van der Waals surface area contributed by atoms with Gasteiger partial charge in [0.25, 0.3) is 11.6 Å². The summed E-state index contributed by atoms with van der Waals surface area (Å²) in [5, 5.41) is 10.9. The van der Waals surface area contributed by atoms with Crippen LogP contribution in [0.25, 0.3) is 0 Å². The number of primary amides is 1. The maximum atomic E-state index is 11.1. The molecule has 0 spiro atoms. The Balaban J connectivity index is 2.31. The molecule has 0 aliphatic carbocycles. The van der Waals surface area contributed by atoms with E-state index in [0.29, 0.717) is 17.6 Å². The van der Waals surface area contributed by atoms with Crippen molar-refractivity contribution >= 4 is 17.9 Å². The van der Waals surface area contributed by atoms with Crippen LogP contribution in [0.2, 0.25) is 0 Å². The van der Waals surface area contributed by atoms with Gasteiger partial charge in [-0.15, -0.1) is 0 Å². The number of nitro benzene ring substituents is 1. The zero-order chi connectivity index (χ0) is 15.4. The molecule has 2 N–H and O–H groups in total. The van der Waals surface area contributed by atoms with Gasteiger partial charge in [0, 0.05) is 5.56 Å². The van der Waals surface area contributed by atoms with Gasteiger partial charge in [-0.25, -0.2) is 0 Å². The molecule has 0 aliphatic heterocycles. The summed E-state index contributed by atoms with van der Waals surface area (Å²) in [4.78, 5) is 31.9. The van der Waals surface area contributed by atoms with Gasteiger partial charge in [-0.1, -0.05) is 0 Å². The number of nitrogens with two attached hydrogens (primary N) is 1. The Morgan fingerprint density at radius 3 is 2.29 bits per heavy atom. The molecule has 2 aromatic carbocycles. The van der Waals surface area contributed by atoms with Gasteiger partial charge in [0.15, 0.2) is 0 Å². The summed E-state index contributed by atoms with van der Waals surface area (Å²) in [6.07, 6.45) is 0.691. The van der Waals surface area contributed by atoms with Crippen molar-refractivity contribution in [1.82, 2.24) is 0 Å². The highest BCUT2D eigenvalue weighted by Gasteiger charge is 2.19.